The Morgan fingerprint density at radius 3 is 2.41 bits per heavy atom. The Labute approximate surface area is 105 Å². The highest BCUT2D eigenvalue weighted by Crippen LogP contribution is 2.12. The Morgan fingerprint density at radius 2 is 2.00 bits per heavy atom. The highest BCUT2D eigenvalue weighted by atomic mass is 16.5. The van der Waals surface area contributed by atoms with Crippen LogP contribution in [-0.4, -0.2) is 47.8 Å². The minimum absolute atomic E-state index is 0.308. The summed E-state index contributed by atoms with van der Waals surface area (Å²) in [6.45, 7) is 9.02. The molecule has 1 unspecified atom stereocenters. The summed E-state index contributed by atoms with van der Waals surface area (Å²) in [5, 5.41) is 10.0. The maximum absolute atomic E-state index is 11.4. The van der Waals surface area contributed by atoms with Gasteiger partial charge >= 0.3 is 5.97 Å². The molecule has 0 aliphatic heterocycles. The number of hydrogen-bond acceptors (Lipinski definition) is 4. The molecule has 0 aromatic heterocycles. The number of hydrogen-bond donors (Lipinski definition) is 1. The molecule has 0 aromatic carbocycles. The van der Waals surface area contributed by atoms with E-state index in [0.717, 1.165) is 13.0 Å². The van der Waals surface area contributed by atoms with Crippen molar-refractivity contribution >= 4 is 5.97 Å². The van der Waals surface area contributed by atoms with E-state index in [-0.39, 0.29) is 0 Å². The number of methoxy groups -OCH3 is 1. The van der Waals surface area contributed by atoms with Crippen LogP contribution in [-0.2, 0) is 9.53 Å². The lowest BCUT2D eigenvalue weighted by atomic mass is 10.1. The Bertz CT molecular complexity index is 227. The monoisotopic (exact) mass is 245 g/mol. The van der Waals surface area contributed by atoms with Gasteiger partial charge in [0.1, 0.15) is 0 Å². The van der Waals surface area contributed by atoms with Crippen molar-refractivity contribution in [2.24, 2.45) is 0 Å². The zero-order valence-corrected chi connectivity index (χ0v) is 11.8. The van der Waals surface area contributed by atoms with Gasteiger partial charge in [-0.1, -0.05) is 19.8 Å². The molecule has 17 heavy (non-hydrogen) atoms. The number of unbranched alkanes of at least 4 members (excludes halogenated alkanes) is 2. The number of carbonyl (C=O) groups excluding carboxylic acids is 1. The van der Waals surface area contributed by atoms with Gasteiger partial charge in [-0.25, -0.2) is 4.79 Å². The van der Waals surface area contributed by atoms with Gasteiger partial charge in [-0.3, -0.25) is 4.90 Å². The number of carbonyl (C=O) groups is 1. The second kappa shape index (κ2) is 7.67. The van der Waals surface area contributed by atoms with Gasteiger partial charge in [-0.15, -0.1) is 0 Å². The largest absolute Gasteiger partial charge is 0.467 e. The van der Waals surface area contributed by atoms with Gasteiger partial charge in [-0.05, 0) is 33.7 Å². The summed E-state index contributed by atoms with van der Waals surface area (Å²) in [6.07, 6.45) is 3.43. The van der Waals surface area contributed by atoms with Gasteiger partial charge in [0.15, 0.2) is 5.60 Å². The summed E-state index contributed by atoms with van der Waals surface area (Å²) in [6, 6.07) is 0.308. The summed E-state index contributed by atoms with van der Waals surface area (Å²) >= 11 is 0. The first-order valence-corrected chi connectivity index (χ1v) is 6.40. The minimum Gasteiger partial charge on any atom is -0.467 e. The lowest BCUT2D eigenvalue weighted by Gasteiger charge is -2.32. The van der Waals surface area contributed by atoms with E-state index in [1.54, 1.807) is 0 Å². The maximum atomic E-state index is 11.4. The smallest absolute Gasteiger partial charge is 0.338 e. The van der Waals surface area contributed by atoms with Crippen molar-refractivity contribution in [2.45, 2.75) is 58.6 Å². The highest BCUT2D eigenvalue weighted by Gasteiger charge is 2.34. The van der Waals surface area contributed by atoms with Gasteiger partial charge in [-0.2, -0.15) is 0 Å². The molecule has 0 radical (unpaired) electrons. The summed E-state index contributed by atoms with van der Waals surface area (Å²) in [4.78, 5) is 13.5. The first kappa shape index (κ1) is 16.4. The van der Waals surface area contributed by atoms with E-state index in [4.69, 9.17) is 0 Å². The molecule has 0 amide bonds. The molecule has 0 heterocycles. The average Bonchev–Trinajstić information content (AvgIpc) is 2.26. The molecule has 0 saturated carbocycles. The lowest BCUT2D eigenvalue weighted by Crippen LogP contribution is -2.49. The number of esters is 1. The number of aliphatic hydroxyl groups is 1. The van der Waals surface area contributed by atoms with Crippen molar-refractivity contribution in [1.29, 1.82) is 0 Å². The molecule has 4 nitrogen and oxygen atoms in total. The Morgan fingerprint density at radius 1 is 1.41 bits per heavy atom. The van der Waals surface area contributed by atoms with Crippen LogP contribution in [0.3, 0.4) is 0 Å². The summed E-state index contributed by atoms with van der Waals surface area (Å²) in [7, 11) is 1.30. The third-order valence-electron chi connectivity index (χ3n) is 2.92. The quantitative estimate of drug-likeness (QED) is 0.523. The third-order valence-corrected chi connectivity index (χ3v) is 2.92. The topological polar surface area (TPSA) is 49.8 Å². The van der Waals surface area contributed by atoms with E-state index in [1.165, 1.54) is 26.9 Å². The van der Waals surface area contributed by atoms with Crippen LogP contribution in [0, 0.1) is 0 Å². The van der Waals surface area contributed by atoms with Gasteiger partial charge in [0, 0.05) is 12.6 Å². The standard InChI is InChI=1S/C13H27NO3/c1-6-7-8-9-14(11(2)3)10-13(4,16)12(15)17-5/h11,16H,6-10H2,1-5H3. The van der Waals surface area contributed by atoms with Crippen LogP contribution in [0.25, 0.3) is 0 Å². The molecule has 0 aliphatic carbocycles. The lowest BCUT2D eigenvalue weighted by molar-refractivity contribution is -0.162. The van der Waals surface area contributed by atoms with Crippen molar-refractivity contribution in [1.82, 2.24) is 4.90 Å². The predicted molar refractivity (Wildman–Crippen MR) is 68.9 cm³/mol. The maximum Gasteiger partial charge on any atom is 0.338 e. The fourth-order valence-electron chi connectivity index (χ4n) is 1.76. The minimum atomic E-state index is -1.43. The molecule has 0 spiro atoms. The summed E-state index contributed by atoms with van der Waals surface area (Å²) < 4.78 is 4.61. The van der Waals surface area contributed by atoms with Crippen LogP contribution < -0.4 is 0 Å². The van der Waals surface area contributed by atoms with E-state index in [0.29, 0.717) is 12.6 Å². The van der Waals surface area contributed by atoms with Gasteiger partial charge in [0.25, 0.3) is 0 Å². The zero-order valence-electron chi connectivity index (χ0n) is 11.8. The SMILES string of the molecule is CCCCCN(CC(C)(O)C(=O)OC)C(C)C. The van der Waals surface area contributed by atoms with Crippen LogP contribution in [0.15, 0.2) is 0 Å². The second-order valence-electron chi connectivity index (χ2n) is 5.04. The summed E-state index contributed by atoms with van der Waals surface area (Å²) in [5.41, 5.74) is -1.43. The molecule has 1 N–H and O–H groups in total. The van der Waals surface area contributed by atoms with Crippen molar-refractivity contribution in [3.8, 4) is 0 Å². The van der Waals surface area contributed by atoms with Crippen molar-refractivity contribution in [3.05, 3.63) is 0 Å². The van der Waals surface area contributed by atoms with Crippen molar-refractivity contribution < 1.29 is 14.6 Å². The molecular weight excluding hydrogens is 218 g/mol. The molecule has 4 heteroatoms. The van der Waals surface area contributed by atoms with Crippen LogP contribution in [0.5, 0.6) is 0 Å². The van der Waals surface area contributed by atoms with E-state index in [2.05, 4.69) is 30.4 Å². The van der Waals surface area contributed by atoms with Crippen molar-refractivity contribution in [2.75, 3.05) is 20.2 Å². The van der Waals surface area contributed by atoms with Crippen LogP contribution >= 0.6 is 0 Å². The molecule has 0 saturated heterocycles. The fraction of sp³-hybridized carbons (Fsp3) is 0.923. The molecule has 0 fully saturated rings. The molecular formula is C13H27NO3. The molecule has 0 rings (SSSR count). The molecule has 0 bridgehead atoms. The number of ether oxygens (including phenoxy) is 1. The molecule has 0 aromatic rings. The normalized spacial score (nSPS) is 15.1. The zero-order chi connectivity index (χ0) is 13.5. The molecule has 0 aliphatic rings. The van der Waals surface area contributed by atoms with E-state index in [9.17, 15) is 9.90 Å². The molecule has 102 valence electrons. The van der Waals surface area contributed by atoms with Crippen LogP contribution in [0.2, 0.25) is 0 Å². The average molecular weight is 245 g/mol. The Balaban J connectivity index is 4.37. The third kappa shape index (κ3) is 6.03. The van der Waals surface area contributed by atoms with E-state index in [1.807, 2.05) is 0 Å². The Kier molecular flexibility index (Phi) is 7.39. The summed E-state index contributed by atoms with van der Waals surface area (Å²) in [5.74, 6) is -0.571. The first-order valence-electron chi connectivity index (χ1n) is 6.40. The first-order chi connectivity index (χ1) is 7.85. The van der Waals surface area contributed by atoms with E-state index < -0.39 is 11.6 Å². The van der Waals surface area contributed by atoms with Gasteiger partial charge in [0.2, 0.25) is 0 Å². The number of rotatable bonds is 8. The second-order valence-corrected chi connectivity index (χ2v) is 5.04. The fourth-order valence-corrected chi connectivity index (χ4v) is 1.76. The molecule has 1 atom stereocenters. The Hall–Kier alpha value is -0.610. The van der Waals surface area contributed by atoms with Gasteiger partial charge in [0.05, 0.1) is 7.11 Å². The predicted octanol–water partition coefficient (Wildman–Crippen LogP) is 1.81. The van der Waals surface area contributed by atoms with E-state index >= 15 is 0 Å². The van der Waals surface area contributed by atoms with Gasteiger partial charge < -0.3 is 9.84 Å². The van der Waals surface area contributed by atoms with Crippen LogP contribution in [0.4, 0.5) is 0 Å². The van der Waals surface area contributed by atoms with Crippen LogP contribution in [0.1, 0.15) is 47.0 Å². The number of nitrogens with zero attached hydrogens (tertiary/aromatic N) is 1. The highest BCUT2D eigenvalue weighted by molar-refractivity contribution is 5.78. The van der Waals surface area contributed by atoms with Crippen molar-refractivity contribution in [3.63, 3.8) is 0 Å².